The number of aryl methyl sites for hydroxylation is 1. The van der Waals surface area contributed by atoms with Crippen LogP contribution in [0.4, 0.5) is 0 Å². The number of nitrogens with two attached hydrogens (primary N) is 1. The van der Waals surface area contributed by atoms with Gasteiger partial charge >= 0.3 is 0 Å². The predicted octanol–water partition coefficient (Wildman–Crippen LogP) is 2.91. The summed E-state index contributed by atoms with van der Waals surface area (Å²) in [5, 5.41) is 0. The molecule has 2 aromatic heterocycles. The summed E-state index contributed by atoms with van der Waals surface area (Å²) in [4.78, 5) is 5.24. The molecular weight excluding hydrogens is 322 g/mol. The van der Waals surface area contributed by atoms with Crippen LogP contribution >= 0.6 is 12.2 Å². The van der Waals surface area contributed by atoms with E-state index in [2.05, 4.69) is 0 Å². The van der Waals surface area contributed by atoms with Crippen LogP contribution in [0.5, 0.6) is 11.5 Å². The van der Waals surface area contributed by atoms with Crippen molar-refractivity contribution in [3.05, 3.63) is 47.8 Å². The highest BCUT2D eigenvalue weighted by atomic mass is 32.1. The first-order chi connectivity index (χ1) is 11.6. The molecular formula is C18H17N3O2S. The van der Waals surface area contributed by atoms with E-state index in [9.17, 15) is 0 Å². The van der Waals surface area contributed by atoms with Gasteiger partial charge in [0.05, 0.1) is 16.4 Å². The zero-order valence-corrected chi connectivity index (χ0v) is 14.1. The Labute approximate surface area is 145 Å². The molecule has 5 nitrogen and oxygen atoms in total. The van der Waals surface area contributed by atoms with Crippen molar-refractivity contribution < 1.29 is 9.47 Å². The highest BCUT2D eigenvalue weighted by Gasteiger charge is 2.18. The maximum Gasteiger partial charge on any atom is 0.162 e. The van der Waals surface area contributed by atoms with E-state index in [0.717, 1.165) is 39.7 Å². The minimum absolute atomic E-state index is 0.441. The molecule has 1 aromatic carbocycles. The molecule has 6 heteroatoms. The van der Waals surface area contributed by atoms with Crippen LogP contribution < -0.4 is 15.2 Å². The molecule has 0 bridgehead atoms. The quantitative estimate of drug-likeness (QED) is 0.744. The third-order valence-corrected chi connectivity index (χ3v) is 4.18. The number of rotatable bonds is 3. The van der Waals surface area contributed by atoms with E-state index in [0.29, 0.717) is 24.6 Å². The molecule has 3 heterocycles. The van der Waals surface area contributed by atoms with Gasteiger partial charge in [-0.05, 0) is 42.8 Å². The molecule has 4 rings (SSSR count). The van der Waals surface area contributed by atoms with Crippen molar-refractivity contribution in [1.29, 1.82) is 0 Å². The van der Waals surface area contributed by atoms with E-state index < -0.39 is 0 Å². The summed E-state index contributed by atoms with van der Waals surface area (Å²) in [5.74, 6) is 1.51. The Morgan fingerprint density at radius 2 is 2.00 bits per heavy atom. The number of aromatic nitrogens is 2. The minimum atomic E-state index is 0.441. The van der Waals surface area contributed by atoms with Crippen LogP contribution in [0.1, 0.15) is 11.3 Å². The van der Waals surface area contributed by atoms with E-state index >= 15 is 0 Å². The van der Waals surface area contributed by atoms with E-state index in [1.807, 2.05) is 47.9 Å². The summed E-state index contributed by atoms with van der Waals surface area (Å²) in [7, 11) is 0. The number of imidazole rings is 1. The molecule has 0 saturated carbocycles. The summed E-state index contributed by atoms with van der Waals surface area (Å²) >= 11 is 5.13. The van der Waals surface area contributed by atoms with E-state index in [1.165, 1.54) is 0 Å². The monoisotopic (exact) mass is 339 g/mol. The molecule has 0 amide bonds. The summed E-state index contributed by atoms with van der Waals surface area (Å²) in [6.07, 6.45) is 2.50. The van der Waals surface area contributed by atoms with Gasteiger partial charge in [-0.3, -0.25) is 0 Å². The predicted molar refractivity (Wildman–Crippen MR) is 96.8 cm³/mol. The fourth-order valence-corrected chi connectivity index (χ4v) is 3.09. The van der Waals surface area contributed by atoms with E-state index in [-0.39, 0.29) is 0 Å². The Kier molecular flexibility index (Phi) is 3.61. The fraction of sp³-hybridized carbons (Fsp3) is 0.222. The average molecular weight is 339 g/mol. The smallest absolute Gasteiger partial charge is 0.162 e. The number of hydrogen-bond acceptors (Lipinski definition) is 4. The van der Waals surface area contributed by atoms with Gasteiger partial charge in [-0.2, -0.15) is 0 Å². The van der Waals surface area contributed by atoms with Crippen molar-refractivity contribution in [2.45, 2.75) is 13.3 Å². The number of thiocarbonyl (C=S) groups is 1. The summed E-state index contributed by atoms with van der Waals surface area (Å²) in [6, 6.07) is 9.97. The minimum Gasteiger partial charge on any atom is -0.486 e. The number of nitrogens with zero attached hydrogens (tertiary/aromatic N) is 2. The van der Waals surface area contributed by atoms with Gasteiger partial charge in [0, 0.05) is 18.2 Å². The third-order valence-electron chi connectivity index (χ3n) is 4.04. The normalized spacial score (nSPS) is 13.2. The lowest BCUT2D eigenvalue weighted by Gasteiger charge is -2.18. The van der Waals surface area contributed by atoms with Crippen molar-refractivity contribution in [3.8, 4) is 22.8 Å². The van der Waals surface area contributed by atoms with Gasteiger partial charge in [0.15, 0.2) is 11.5 Å². The Bertz CT molecular complexity index is 949. The standard InChI is InChI=1S/C18H17N3O2S/c1-11-4-5-21-13(10-16(19)24)18(20-17(21)8-11)12-2-3-14-15(9-12)23-7-6-22-14/h2-5,8-9H,6-7,10H2,1H3,(H2,19,24). The van der Waals surface area contributed by atoms with Gasteiger partial charge in [0.25, 0.3) is 0 Å². The molecule has 0 radical (unpaired) electrons. The zero-order chi connectivity index (χ0) is 16.7. The van der Waals surface area contributed by atoms with Crippen LogP contribution in [0.25, 0.3) is 16.9 Å². The lowest BCUT2D eigenvalue weighted by Crippen LogP contribution is -2.15. The molecule has 0 unspecified atom stereocenters. The van der Waals surface area contributed by atoms with Gasteiger partial charge in [0.1, 0.15) is 18.9 Å². The Hall–Kier alpha value is -2.60. The lowest BCUT2D eigenvalue weighted by molar-refractivity contribution is 0.171. The molecule has 0 atom stereocenters. The first-order valence-corrected chi connectivity index (χ1v) is 8.18. The molecule has 3 aromatic rings. The molecule has 122 valence electrons. The van der Waals surface area contributed by atoms with Gasteiger partial charge in [-0.25, -0.2) is 4.98 Å². The van der Waals surface area contributed by atoms with Crippen molar-refractivity contribution in [2.75, 3.05) is 13.2 Å². The van der Waals surface area contributed by atoms with Gasteiger partial charge in [0.2, 0.25) is 0 Å². The second-order valence-electron chi connectivity index (χ2n) is 5.84. The molecule has 1 aliphatic heterocycles. The Balaban J connectivity index is 1.90. The van der Waals surface area contributed by atoms with Crippen molar-refractivity contribution in [2.24, 2.45) is 5.73 Å². The molecule has 0 spiro atoms. The second-order valence-corrected chi connectivity index (χ2v) is 6.37. The maximum atomic E-state index is 5.81. The average Bonchev–Trinajstić information content (AvgIpc) is 2.91. The largest absolute Gasteiger partial charge is 0.486 e. The molecule has 1 aliphatic rings. The van der Waals surface area contributed by atoms with Gasteiger partial charge in [-0.15, -0.1) is 0 Å². The van der Waals surface area contributed by atoms with Crippen LogP contribution in [-0.4, -0.2) is 27.6 Å². The molecule has 2 N–H and O–H groups in total. The van der Waals surface area contributed by atoms with Crippen LogP contribution in [0.3, 0.4) is 0 Å². The number of benzene rings is 1. The topological polar surface area (TPSA) is 61.8 Å². The van der Waals surface area contributed by atoms with Gasteiger partial charge < -0.3 is 19.6 Å². The number of pyridine rings is 1. The fourth-order valence-electron chi connectivity index (χ4n) is 2.95. The van der Waals surface area contributed by atoms with Crippen LogP contribution in [-0.2, 0) is 6.42 Å². The SMILES string of the molecule is Cc1ccn2c(CC(N)=S)c(-c3ccc4c(c3)OCCO4)nc2c1. The third kappa shape index (κ3) is 2.59. The Morgan fingerprint density at radius 3 is 2.79 bits per heavy atom. The molecule has 0 aliphatic carbocycles. The first-order valence-electron chi connectivity index (χ1n) is 7.78. The number of ether oxygens (including phenoxy) is 2. The lowest BCUT2D eigenvalue weighted by atomic mass is 10.1. The van der Waals surface area contributed by atoms with Gasteiger partial charge in [-0.1, -0.05) is 12.2 Å². The maximum absolute atomic E-state index is 5.81. The summed E-state index contributed by atoms with van der Waals surface area (Å²) < 4.78 is 13.3. The molecule has 0 fully saturated rings. The van der Waals surface area contributed by atoms with Crippen LogP contribution in [0, 0.1) is 6.92 Å². The van der Waals surface area contributed by atoms with Crippen molar-refractivity contribution in [1.82, 2.24) is 9.38 Å². The summed E-state index contributed by atoms with van der Waals surface area (Å²) in [5.41, 5.74) is 10.7. The second kappa shape index (κ2) is 5.79. The van der Waals surface area contributed by atoms with Crippen molar-refractivity contribution >= 4 is 22.9 Å². The van der Waals surface area contributed by atoms with Crippen LogP contribution in [0.2, 0.25) is 0 Å². The zero-order valence-electron chi connectivity index (χ0n) is 13.3. The number of hydrogen-bond donors (Lipinski definition) is 1. The van der Waals surface area contributed by atoms with E-state index in [4.69, 9.17) is 32.4 Å². The first kappa shape index (κ1) is 15.0. The molecule has 0 saturated heterocycles. The summed E-state index contributed by atoms with van der Waals surface area (Å²) in [6.45, 7) is 3.18. The van der Waals surface area contributed by atoms with Crippen LogP contribution in [0.15, 0.2) is 36.5 Å². The van der Waals surface area contributed by atoms with E-state index in [1.54, 1.807) is 0 Å². The number of fused-ring (bicyclic) bond motifs is 2. The highest BCUT2D eigenvalue weighted by molar-refractivity contribution is 7.80. The molecule has 24 heavy (non-hydrogen) atoms. The Morgan fingerprint density at radius 1 is 1.21 bits per heavy atom. The van der Waals surface area contributed by atoms with Crippen molar-refractivity contribution in [3.63, 3.8) is 0 Å². The highest BCUT2D eigenvalue weighted by Crippen LogP contribution is 2.35.